The molecule has 5 rings (SSSR count). The van der Waals surface area contributed by atoms with E-state index in [0.717, 1.165) is 11.1 Å². The van der Waals surface area contributed by atoms with Gasteiger partial charge in [0.15, 0.2) is 34.7 Å². The molecule has 0 bridgehead atoms. The minimum Gasteiger partial charge on any atom is -0.492 e. The topological polar surface area (TPSA) is 81.3 Å². The number of amides is 1. The maximum Gasteiger partial charge on any atom is 0.277 e. The van der Waals surface area contributed by atoms with E-state index < -0.39 is 35.0 Å². The molecular weight excluding hydrogens is 525 g/mol. The van der Waals surface area contributed by atoms with Crippen molar-refractivity contribution in [3.63, 3.8) is 0 Å². The molecule has 40 heavy (non-hydrogen) atoms. The van der Waals surface area contributed by atoms with E-state index in [4.69, 9.17) is 13.9 Å². The molecule has 0 fully saturated rings. The molecule has 0 spiro atoms. The first-order valence-corrected chi connectivity index (χ1v) is 12.3. The number of carbonyl (C=O) groups is 2. The highest BCUT2D eigenvalue weighted by Crippen LogP contribution is 2.42. The number of hydrogen-bond donors (Lipinski definition) is 0. The van der Waals surface area contributed by atoms with Crippen molar-refractivity contribution < 1.29 is 36.7 Å². The summed E-state index contributed by atoms with van der Waals surface area (Å²) in [7, 11) is 1.43. The zero-order chi connectivity index (χ0) is 28.4. The molecule has 0 saturated carbocycles. The first-order valence-electron chi connectivity index (χ1n) is 12.3. The van der Waals surface area contributed by atoms with Gasteiger partial charge in [0.05, 0.1) is 24.4 Å². The molecule has 1 atom stereocenters. The molecule has 10 heteroatoms. The number of rotatable bonds is 8. The lowest BCUT2D eigenvalue weighted by Gasteiger charge is -2.25. The summed E-state index contributed by atoms with van der Waals surface area (Å²) in [6.07, 6.45) is 0.175. The van der Waals surface area contributed by atoms with Gasteiger partial charge in [-0.1, -0.05) is 30.3 Å². The van der Waals surface area contributed by atoms with Crippen LogP contribution >= 0.6 is 0 Å². The zero-order valence-electron chi connectivity index (χ0n) is 21.5. The van der Waals surface area contributed by atoms with Crippen LogP contribution in [0.2, 0.25) is 0 Å². The molecule has 204 valence electrons. The van der Waals surface area contributed by atoms with Gasteiger partial charge in [-0.25, -0.2) is 18.2 Å². The summed E-state index contributed by atoms with van der Waals surface area (Å²) < 4.78 is 59.3. The van der Waals surface area contributed by atoms with Crippen molar-refractivity contribution in [3.05, 3.63) is 118 Å². The number of hydrazone groups is 1. The Hall–Kier alpha value is -4.86. The molecule has 7 nitrogen and oxygen atoms in total. The van der Waals surface area contributed by atoms with Crippen LogP contribution in [0.3, 0.4) is 0 Å². The normalized spacial score (nSPS) is 14.7. The van der Waals surface area contributed by atoms with Gasteiger partial charge in [0.25, 0.3) is 5.91 Å². The van der Waals surface area contributed by atoms with E-state index in [9.17, 15) is 22.8 Å². The van der Waals surface area contributed by atoms with Crippen molar-refractivity contribution >= 4 is 17.4 Å². The first-order chi connectivity index (χ1) is 19.3. The number of Topliss-reactive ketones (excluding diaryl/α,β-unsaturated/α-hetero) is 1. The molecule has 0 radical (unpaired) electrons. The largest absolute Gasteiger partial charge is 0.492 e. The SMILES string of the molecule is COc1c(OCc2ccc(C(C)=O)o2)cccc1C1CC(c2ccc(F)cc2)=NN1C(=O)c1cccc(F)c1F. The lowest BCUT2D eigenvalue weighted by atomic mass is 9.97. The minimum absolute atomic E-state index is 0.00770. The average Bonchev–Trinajstić information content (AvgIpc) is 3.61. The monoisotopic (exact) mass is 548 g/mol. The Kier molecular flexibility index (Phi) is 7.41. The predicted molar refractivity (Wildman–Crippen MR) is 139 cm³/mol. The number of furan rings is 1. The second-order valence-corrected chi connectivity index (χ2v) is 9.01. The van der Waals surface area contributed by atoms with Crippen LogP contribution in [-0.2, 0) is 6.61 Å². The van der Waals surface area contributed by atoms with E-state index >= 15 is 0 Å². The van der Waals surface area contributed by atoms with Gasteiger partial charge in [0.2, 0.25) is 0 Å². The molecule has 1 amide bonds. The fraction of sp³-hybridized carbons (Fsp3) is 0.167. The van der Waals surface area contributed by atoms with Crippen LogP contribution in [0.15, 0.2) is 82.3 Å². The first kappa shape index (κ1) is 26.7. The van der Waals surface area contributed by atoms with E-state index in [-0.39, 0.29) is 24.6 Å². The lowest BCUT2D eigenvalue weighted by molar-refractivity contribution is 0.0702. The quantitative estimate of drug-likeness (QED) is 0.236. The van der Waals surface area contributed by atoms with Crippen LogP contribution in [0.1, 0.15) is 57.2 Å². The molecule has 0 aliphatic carbocycles. The van der Waals surface area contributed by atoms with Gasteiger partial charge in [0, 0.05) is 18.9 Å². The maximum atomic E-state index is 14.6. The number of hydrogen-bond acceptors (Lipinski definition) is 6. The van der Waals surface area contributed by atoms with E-state index in [2.05, 4.69) is 5.10 Å². The Morgan fingerprint density at radius 1 is 1.00 bits per heavy atom. The molecule has 4 aromatic rings. The van der Waals surface area contributed by atoms with Crippen molar-refractivity contribution in [1.29, 1.82) is 0 Å². The summed E-state index contributed by atoms with van der Waals surface area (Å²) >= 11 is 0. The second-order valence-electron chi connectivity index (χ2n) is 9.01. The van der Waals surface area contributed by atoms with Gasteiger partial charge >= 0.3 is 0 Å². The number of methoxy groups -OCH3 is 1. The summed E-state index contributed by atoms with van der Waals surface area (Å²) in [6.45, 7) is 1.38. The Balaban J connectivity index is 1.51. The van der Waals surface area contributed by atoms with Gasteiger partial charge in [-0.3, -0.25) is 9.59 Å². The molecule has 0 saturated heterocycles. The predicted octanol–water partition coefficient (Wildman–Crippen LogP) is 6.48. The highest BCUT2D eigenvalue weighted by Gasteiger charge is 2.37. The third-order valence-corrected chi connectivity index (χ3v) is 6.43. The maximum absolute atomic E-state index is 14.6. The van der Waals surface area contributed by atoms with Crippen molar-refractivity contribution in [1.82, 2.24) is 5.01 Å². The lowest BCUT2D eigenvalue weighted by Crippen LogP contribution is -2.28. The molecule has 3 aromatic carbocycles. The van der Waals surface area contributed by atoms with E-state index in [1.807, 2.05) is 0 Å². The smallest absolute Gasteiger partial charge is 0.277 e. The van der Waals surface area contributed by atoms with Crippen LogP contribution in [0.4, 0.5) is 13.2 Å². The molecule has 2 heterocycles. The molecule has 1 aliphatic heterocycles. The number of benzene rings is 3. The van der Waals surface area contributed by atoms with Crippen LogP contribution < -0.4 is 9.47 Å². The Labute approximate surface area is 227 Å². The highest BCUT2D eigenvalue weighted by molar-refractivity contribution is 6.05. The van der Waals surface area contributed by atoms with Crippen LogP contribution in [0.25, 0.3) is 0 Å². The van der Waals surface area contributed by atoms with Crippen LogP contribution in [0, 0.1) is 17.5 Å². The Bertz CT molecular complexity index is 1610. The average molecular weight is 549 g/mol. The van der Waals surface area contributed by atoms with Crippen molar-refractivity contribution in [2.24, 2.45) is 5.10 Å². The van der Waals surface area contributed by atoms with E-state index in [1.165, 1.54) is 50.4 Å². The van der Waals surface area contributed by atoms with Crippen molar-refractivity contribution in [3.8, 4) is 11.5 Å². The molecule has 0 N–H and O–H groups in total. The standard InChI is InChI=1S/C30H23F3N2O5/c1-17(36)26-14-13-20(40-26)16-39-27-8-4-5-21(29(27)38-2)25-15-24(18-9-11-19(31)12-10-18)34-35(25)30(37)22-6-3-7-23(32)28(22)33/h3-14,25H,15-16H2,1-2H3. The molecule has 1 aliphatic rings. The van der Waals surface area contributed by atoms with Crippen LogP contribution in [-0.4, -0.2) is 29.5 Å². The van der Waals surface area contributed by atoms with Gasteiger partial charge < -0.3 is 13.9 Å². The molecule has 1 aromatic heterocycles. The van der Waals surface area contributed by atoms with Gasteiger partial charge in [-0.05, 0) is 48.0 Å². The number of para-hydroxylation sites is 1. The minimum atomic E-state index is -1.29. The third kappa shape index (κ3) is 5.20. The summed E-state index contributed by atoms with van der Waals surface area (Å²) in [5.41, 5.74) is 1.01. The number of halogens is 3. The molecule has 1 unspecified atom stereocenters. The number of ketones is 1. The summed E-state index contributed by atoms with van der Waals surface area (Å²) in [4.78, 5) is 25.1. The number of carbonyl (C=O) groups excluding carboxylic acids is 2. The van der Waals surface area contributed by atoms with E-state index in [1.54, 1.807) is 30.3 Å². The van der Waals surface area contributed by atoms with Gasteiger partial charge in [0.1, 0.15) is 18.2 Å². The van der Waals surface area contributed by atoms with Gasteiger partial charge in [-0.2, -0.15) is 5.10 Å². The van der Waals surface area contributed by atoms with Crippen molar-refractivity contribution in [2.45, 2.75) is 26.0 Å². The van der Waals surface area contributed by atoms with E-state index in [0.29, 0.717) is 34.1 Å². The Morgan fingerprint density at radius 2 is 1.75 bits per heavy atom. The molecular formula is C30H23F3N2O5. The summed E-state index contributed by atoms with van der Waals surface area (Å²) in [6, 6.07) is 16.4. The second kappa shape index (κ2) is 11.1. The Morgan fingerprint density at radius 3 is 2.45 bits per heavy atom. The third-order valence-electron chi connectivity index (χ3n) is 6.43. The fourth-order valence-corrected chi connectivity index (χ4v) is 4.47. The highest BCUT2D eigenvalue weighted by atomic mass is 19.2. The summed E-state index contributed by atoms with van der Waals surface area (Å²) in [5.74, 6) is -2.74. The summed E-state index contributed by atoms with van der Waals surface area (Å²) in [5, 5.41) is 5.53. The number of ether oxygens (including phenoxy) is 2. The fourth-order valence-electron chi connectivity index (χ4n) is 4.47. The van der Waals surface area contributed by atoms with Crippen molar-refractivity contribution in [2.75, 3.05) is 7.11 Å². The number of nitrogens with zero attached hydrogens (tertiary/aromatic N) is 2. The van der Waals surface area contributed by atoms with Crippen LogP contribution in [0.5, 0.6) is 11.5 Å². The van der Waals surface area contributed by atoms with Gasteiger partial charge in [-0.15, -0.1) is 0 Å². The zero-order valence-corrected chi connectivity index (χ0v) is 21.5.